The number of likely N-dealkylation sites (tertiary alicyclic amines) is 1. The van der Waals surface area contributed by atoms with Crippen molar-refractivity contribution in [3.63, 3.8) is 0 Å². The van der Waals surface area contributed by atoms with Gasteiger partial charge in [-0.3, -0.25) is 14.6 Å². The van der Waals surface area contributed by atoms with Gasteiger partial charge >= 0.3 is 6.03 Å². The summed E-state index contributed by atoms with van der Waals surface area (Å²) < 4.78 is 0. The molecule has 2 N–H and O–H groups in total. The molecule has 8 heteroatoms. The number of hydrogen-bond acceptors (Lipinski definition) is 4. The number of nitrogens with one attached hydrogen (secondary N) is 1. The summed E-state index contributed by atoms with van der Waals surface area (Å²) in [5.41, 5.74) is 2.52. The topological polar surface area (TPSA) is 79.9 Å². The lowest BCUT2D eigenvalue weighted by molar-refractivity contribution is -0.133. The summed E-state index contributed by atoms with van der Waals surface area (Å²) in [4.78, 5) is 37.1. The summed E-state index contributed by atoms with van der Waals surface area (Å²) in [5, 5.41) is 11.9. The predicted molar refractivity (Wildman–Crippen MR) is 144 cm³/mol. The maximum Gasteiger partial charge on any atom is 0.328 e. The molecular formula is C29H33ClN4O3. The van der Waals surface area contributed by atoms with Crippen molar-refractivity contribution in [2.75, 3.05) is 26.2 Å². The Morgan fingerprint density at radius 3 is 2.59 bits per heavy atom. The molecule has 3 amide bonds. The Kier molecular flexibility index (Phi) is 6.16. The van der Waals surface area contributed by atoms with Crippen LogP contribution in [0.4, 0.5) is 4.79 Å². The highest BCUT2D eigenvalue weighted by Gasteiger charge is 2.60. The lowest BCUT2D eigenvalue weighted by Gasteiger charge is -2.42. The second kappa shape index (κ2) is 9.37. The number of H-pyrrole nitrogens is 1. The van der Waals surface area contributed by atoms with E-state index >= 15 is 0 Å². The number of phenolic OH excluding ortho intramolecular Hbond substituents is 1. The van der Waals surface area contributed by atoms with E-state index in [1.807, 2.05) is 31.2 Å². The number of aromatic hydroxyl groups is 1. The van der Waals surface area contributed by atoms with Crippen molar-refractivity contribution in [3.8, 4) is 5.75 Å². The number of phenols is 1. The van der Waals surface area contributed by atoms with Crippen LogP contribution in [0.3, 0.4) is 0 Å². The molecule has 37 heavy (non-hydrogen) atoms. The van der Waals surface area contributed by atoms with Crippen LogP contribution in [0.1, 0.15) is 61.9 Å². The molecule has 0 aliphatic carbocycles. The number of urea groups is 1. The van der Waals surface area contributed by atoms with E-state index in [0.29, 0.717) is 18.0 Å². The fraction of sp³-hybridized carbons (Fsp3) is 0.448. The van der Waals surface area contributed by atoms with Crippen LogP contribution in [0.25, 0.3) is 10.9 Å². The zero-order valence-corrected chi connectivity index (χ0v) is 21.9. The van der Waals surface area contributed by atoms with Crippen molar-refractivity contribution in [1.29, 1.82) is 0 Å². The Morgan fingerprint density at radius 2 is 1.84 bits per heavy atom. The molecule has 2 atom stereocenters. The fourth-order valence-electron chi connectivity index (χ4n) is 6.54. The van der Waals surface area contributed by atoms with Crippen molar-refractivity contribution >= 4 is 34.4 Å². The van der Waals surface area contributed by atoms with E-state index in [2.05, 4.69) is 9.88 Å². The standard InChI is InChI=1S/C29H33ClN4O3/c1-29-18-23-22-17-20(30)10-11-24(22)31-25(23)26(19-8-6-9-21(35)16-19)34(29)28(37)33(27(29)36)15-7-14-32-12-4-2-3-5-13-32/h6,8-11,16-17,26,31,35H,2-5,7,12-15,18H2,1H3/t26-,29+/m1/s1. The highest BCUT2D eigenvalue weighted by molar-refractivity contribution is 6.31. The van der Waals surface area contributed by atoms with Crippen LogP contribution in [-0.4, -0.2) is 68.4 Å². The molecule has 0 unspecified atom stereocenters. The van der Waals surface area contributed by atoms with Gasteiger partial charge in [-0.15, -0.1) is 0 Å². The van der Waals surface area contributed by atoms with E-state index in [0.717, 1.165) is 53.8 Å². The maximum absolute atomic E-state index is 14.0. The third kappa shape index (κ3) is 4.09. The van der Waals surface area contributed by atoms with E-state index in [4.69, 9.17) is 11.6 Å². The van der Waals surface area contributed by atoms with Gasteiger partial charge in [-0.25, -0.2) is 4.79 Å². The molecule has 0 spiro atoms. The van der Waals surface area contributed by atoms with Crippen molar-refractivity contribution in [3.05, 3.63) is 64.3 Å². The quantitative estimate of drug-likeness (QED) is 0.438. The minimum absolute atomic E-state index is 0.123. The van der Waals surface area contributed by atoms with Crippen LogP contribution in [-0.2, 0) is 11.2 Å². The Morgan fingerprint density at radius 1 is 1.05 bits per heavy atom. The van der Waals surface area contributed by atoms with Crippen LogP contribution in [0.15, 0.2) is 42.5 Å². The van der Waals surface area contributed by atoms with Gasteiger partial charge in [0.05, 0.1) is 0 Å². The van der Waals surface area contributed by atoms with Gasteiger partial charge in [0.15, 0.2) is 0 Å². The zero-order chi connectivity index (χ0) is 25.7. The first-order valence-corrected chi connectivity index (χ1v) is 13.7. The second-order valence-corrected chi connectivity index (χ2v) is 11.3. The van der Waals surface area contributed by atoms with Crippen LogP contribution in [0, 0.1) is 0 Å². The first kappa shape index (κ1) is 24.3. The highest BCUT2D eigenvalue weighted by Crippen LogP contribution is 2.49. The number of carbonyl (C=O) groups excluding carboxylic acids is 2. The van der Waals surface area contributed by atoms with E-state index in [9.17, 15) is 14.7 Å². The molecule has 0 saturated carbocycles. The Labute approximate surface area is 222 Å². The van der Waals surface area contributed by atoms with Crippen molar-refractivity contribution in [1.82, 2.24) is 19.7 Å². The normalized spacial score (nSPS) is 24.4. The molecule has 3 aliphatic heterocycles. The van der Waals surface area contributed by atoms with Gasteiger partial charge in [-0.1, -0.05) is 36.6 Å². The summed E-state index contributed by atoms with van der Waals surface area (Å²) in [5.74, 6) is -0.0293. The molecule has 2 aromatic carbocycles. The summed E-state index contributed by atoms with van der Waals surface area (Å²) in [6, 6.07) is 11.9. The number of aromatic nitrogens is 1. The Balaban J connectivity index is 1.36. The van der Waals surface area contributed by atoms with Gasteiger partial charge in [0.1, 0.15) is 17.3 Å². The van der Waals surface area contributed by atoms with Gasteiger partial charge in [-0.05, 0) is 87.3 Å². The summed E-state index contributed by atoms with van der Waals surface area (Å²) in [6.45, 7) is 5.37. The minimum atomic E-state index is -1.03. The molecule has 0 bridgehead atoms. The lowest BCUT2D eigenvalue weighted by Crippen LogP contribution is -2.53. The first-order chi connectivity index (χ1) is 17.9. The average molecular weight is 521 g/mol. The number of aromatic amines is 1. The summed E-state index contributed by atoms with van der Waals surface area (Å²) in [7, 11) is 0. The van der Waals surface area contributed by atoms with Gasteiger partial charge in [0.2, 0.25) is 0 Å². The predicted octanol–water partition coefficient (Wildman–Crippen LogP) is 5.46. The number of hydrogen-bond donors (Lipinski definition) is 2. The smallest absolute Gasteiger partial charge is 0.328 e. The maximum atomic E-state index is 14.0. The van der Waals surface area contributed by atoms with Gasteiger partial charge in [0, 0.05) is 34.6 Å². The first-order valence-electron chi connectivity index (χ1n) is 13.3. The van der Waals surface area contributed by atoms with E-state index < -0.39 is 11.6 Å². The lowest BCUT2D eigenvalue weighted by atomic mass is 9.81. The largest absolute Gasteiger partial charge is 0.508 e. The molecule has 3 aromatic rings. The molecule has 2 saturated heterocycles. The van der Waals surface area contributed by atoms with Gasteiger partial charge in [0.25, 0.3) is 5.91 Å². The van der Waals surface area contributed by atoms with Crippen molar-refractivity contribution in [2.45, 2.75) is 57.0 Å². The fourth-order valence-corrected chi connectivity index (χ4v) is 6.71. The van der Waals surface area contributed by atoms with Crippen LogP contribution < -0.4 is 0 Å². The third-order valence-electron chi connectivity index (χ3n) is 8.37. The van der Waals surface area contributed by atoms with E-state index in [1.54, 1.807) is 23.1 Å². The molecule has 4 heterocycles. The number of fused-ring (bicyclic) bond motifs is 4. The Bertz CT molecular complexity index is 1360. The zero-order valence-electron chi connectivity index (χ0n) is 21.2. The SMILES string of the molecule is C[C@@]12Cc3c([nH]c4ccc(Cl)cc34)[C@@H](c3cccc(O)c3)N1C(=O)N(CCCN1CCCCCC1)C2=O. The number of benzene rings is 2. The number of nitrogens with zero attached hydrogens (tertiary/aromatic N) is 3. The van der Waals surface area contributed by atoms with E-state index in [-0.39, 0.29) is 17.7 Å². The van der Waals surface area contributed by atoms with Crippen molar-refractivity contribution < 1.29 is 14.7 Å². The summed E-state index contributed by atoms with van der Waals surface area (Å²) >= 11 is 6.35. The molecule has 0 radical (unpaired) electrons. The number of halogens is 1. The van der Waals surface area contributed by atoms with Crippen molar-refractivity contribution in [2.24, 2.45) is 0 Å². The Hall–Kier alpha value is -3.03. The van der Waals surface area contributed by atoms with Crippen LogP contribution >= 0.6 is 11.6 Å². The average Bonchev–Trinajstić information content (AvgIpc) is 3.14. The van der Waals surface area contributed by atoms with Gasteiger partial charge < -0.3 is 15.0 Å². The molecule has 2 fully saturated rings. The monoisotopic (exact) mass is 520 g/mol. The number of imide groups is 1. The number of carbonyl (C=O) groups is 2. The number of amides is 3. The number of rotatable bonds is 5. The third-order valence-corrected chi connectivity index (χ3v) is 8.60. The molecule has 3 aliphatic rings. The highest BCUT2D eigenvalue weighted by atomic mass is 35.5. The van der Waals surface area contributed by atoms with E-state index in [1.165, 1.54) is 30.6 Å². The molecular weight excluding hydrogens is 488 g/mol. The molecule has 7 nitrogen and oxygen atoms in total. The molecule has 194 valence electrons. The minimum Gasteiger partial charge on any atom is -0.508 e. The van der Waals surface area contributed by atoms with Gasteiger partial charge in [-0.2, -0.15) is 0 Å². The second-order valence-electron chi connectivity index (χ2n) is 10.9. The van der Waals surface area contributed by atoms with Crippen LogP contribution in [0.2, 0.25) is 5.02 Å². The van der Waals surface area contributed by atoms with Crippen LogP contribution in [0.5, 0.6) is 5.75 Å². The molecule has 1 aromatic heterocycles. The molecule has 6 rings (SSSR count). The summed E-state index contributed by atoms with van der Waals surface area (Å²) in [6.07, 6.45) is 6.17.